The summed E-state index contributed by atoms with van der Waals surface area (Å²) in [6.45, 7) is 4.76. The van der Waals surface area contributed by atoms with Crippen LogP contribution < -0.4 is 0 Å². The molecular weight excluding hydrogens is 276 g/mol. The minimum absolute atomic E-state index is 0.135. The van der Waals surface area contributed by atoms with Crippen molar-refractivity contribution < 1.29 is 15.3 Å². The van der Waals surface area contributed by atoms with Crippen LogP contribution in [-0.2, 0) is 0 Å². The first kappa shape index (κ1) is 15.4. The fraction of sp³-hybridized carbons (Fsp3) is 1.00. The van der Waals surface area contributed by atoms with Gasteiger partial charge in [0.05, 0.1) is 18.3 Å². The first-order valence-electron chi connectivity index (χ1n) is 9.38. The van der Waals surface area contributed by atoms with Gasteiger partial charge in [-0.2, -0.15) is 0 Å². The summed E-state index contributed by atoms with van der Waals surface area (Å²) in [4.78, 5) is 0. The fourth-order valence-electron chi connectivity index (χ4n) is 7.30. The van der Waals surface area contributed by atoms with Crippen LogP contribution in [0, 0.1) is 34.5 Å². The maximum absolute atomic E-state index is 10.8. The smallest absolute Gasteiger partial charge is 0.0577 e. The highest BCUT2D eigenvalue weighted by molar-refractivity contribution is 5.10. The van der Waals surface area contributed by atoms with E-state index in [1.54, 1.807) is 0 Å². The van der Waals surface area contributed by atoms with Gasteiger partial charge in [-0.3, -0.25) is 0 Å². The molecule has 3 heteroatoms. The van der Waals surface area contributed by atoms with Crippen molar-refractivity contribution in [2.75, 3.05) is 0 Å². The fourth-order valence-corrected chi connectivity index (χ4v) is 7.30. The Bertz CT molecular complexity index is 452. The Morgan fingerprint density at radius 3 is 2.27 bits per heavy atom. The molecule has 3 N–H and O–H groups in total. The van der Waals surface area contributed by atoms with Crippen molar-refractivity contribution in [3.8, 4) is 0 Å². The van der Waals surface area contributed by atoms with Crippen molar-refractivity contribution in [3.05, 3.63) is 0 Å². The van der Waals surface area contributed by atoms with Crippen LogP contribution in [0.1, 0.15) is 65.2 Å². The molecule has 3 nitrogen and oxygen atoms in total. The van der Waals surface area contributed by atoms with Crippen LogP contribution in [0.2, 0.25) is 0 Å². The van der Waals surface area contributed by atoms with E-state index in [0.29, 0.717) is 17.8 Å². The predicted molar refractivity (Wildman–Crippen MR) is 85.1 cm³/mol. The zero-order valence-corrected chi connectivity index (χ0v) is 14.0. The lowest BCUT2D eigenvalue weighted by molar-refractivity contribution is -0.167. The maximum Gasteiger partial charge on any atom is 0.0577 e. The van der Waals surface area contributed by atoms with E-state index < -0.39 is 0 Å². The summed E-state index contributed by atoms with van der Waals surface area (Å²) in [5, 5.41) is 31.1. The van der Waals surface area contributed by atoms with Gasteiger partial charge in [-0.25, -0.2) is 0 Å². The number of hydrogen-bond donors (Lipinski definition) is 3. The molecule has 126 valence electrons. The molecule has 9 atom stereocenters. The van der Waals surface area contributed by atoms with Crippen LogP contribution in [0.3, 0.4) is 0 Å². The Morgan fingerprint density at radius 2 is 1.50 bits per heavy atom. The molecule has 0 saturated heterocycles. The molecule has 0 aromatic heterocycles. The summed E-state index contributed by atoms with van der Waals surface area (Å²) in [6, 6.07) is 0. The van der Waals surface area contributed by atoms with Crippen LogP contribution in [0.4, 0.5) is 0 Å². The Balaban J connectivity index is 1.66. The van der Waals surface area contributed by atoms with E-state index in [0.717, 1.165) is 38.5 Å². The van der Waals surface area contributed by atoms with Gasteiger partial charge in [-0.1, -0.05) is 13.8 Å². The molecule has 0 aromatic carbocycles. The first-order valence-corrected chi connectivity index (χ1v) is 9.38. The Hall–Kier alpha value is -0.120. The van der Waals surface area contributed by atoms with Gasteiger partial charge in [0.2, 0.25) is 0 Å². The third-order valence-corrected chi connectivity index (χ3v) is 8.40. The molecule has 0 bridgehead atoms. The molecule has 0 heterocycles. The third-order valence-electron chi connectivity index (χ3n) is 8.40. The van der Waals surface area contributed by atoms with Gasteiger partial charge < -0.3 is 15.3 Å². The van der Waals surface area contributed by atoms with Crippen LogP contribution in [0.5, 0.6) is 0 Å². The van der Waals surface area contributed by atoms with E-state index in [-0.39, 0.29) is 35.1 Å². The van der Waals surface area contributed by atoms with E-state index in [4.69, 9.17) is 0 Å². The molecule has 4 rings (SSSR count). The van der Waals surface area contributed by atoms with Crippen molar-refractivity contribution in [1.82, 2.24) is 0 Å². The van der Waals surface area contributed by atoms with Gasteiger partial charge in [-0.15, -0.1) is 0 Å². The van der Waals surface area contributed by atoms with E-state index in [1.165, 1.54) is 12.8 Å². The van der Waals surface area contributed by atoms with Crippen LogP contribution in [-0.4, -0.2) is 33.6 Å². The van der Waals surface area contributed by atoms with Gasteiger partial charge in [0, 0.05) is 0 Å². The minimum atomic E-state index is -0.263. The summed E-state index contributed by atoms with van der Waals surface area (Å²) < 4.78 is 0. The monoisotopic (exact) mass is 308 g/mol. The molecule has 0 aliphatic heterocycles. The zero-order chi connectivity index (χ0) is 15.7. The largest absolute Gasteiger partial charge is 0.393 e. The van der Waals surface area contributed by atoms with E-state index in [1.807, 2.05) is 0 Å². The predicted octanol–water partition coefficient (Wildman–Crippen LogP) is 2.72. The van der Waals surface area contributed by atoms with E-state index in [9.17, 15) is 15.3 Å². The molecule has 4 aliphatic rings. The molecule has 4 aliphatic carbocycles. The molecule has 9 unspecified atom stereocenters. The van der Waals surface area contributed by atoms with Crippen molar-refractivity contribution >= 4 is 0 Å². The zero-order valence-electron chi connectivity index (χ0n) is 14.0. The van der Waals surface area contributed by atoms with Gasteiger partial charge >= 0.3 is 0 Å². The number of fused-ring (bicyclic) bond motifs is 5. The summed E-state index contributed by atoms with van der Waals surface area (Å²) in [5.41, 5.74) is 0.480. The molecular formula is C19H32O3. The van der Waals surface area contributed by atoms with Crippen LogP contribution >= 0.6 is 0 Å². The molecule has 22 heavy (non-hydrogen) atoms. The minimum Gasteiger partial charge on any atom is -0.393 e. The van der Waals surface area contributed by atoms with Crippen molar-refractivity contribution in [2.45, 2.75) is 83.5 Å². The van der Waals surface area contributed by atoms with Gasteiger partial charge in [-0.05, 0) is 85.9 Å². The van der Waals surface area contributed by atoms with Gasteiger partial charge in [0.1, 0.15) is 0 Å². The first-order chi connectivity index (χ1) is 10.3. The lowest BCUT2D eigenvalue weighted by Gasteiger charge is -2.61. The molecule has 0 spiro atoms. The Kier molecular flexibility index (Phi) is 3.46. The summed E-state index contributed by atoms with van der Waals surface area (Å²) in [7, 11) is 0. The van der Waals surface area contributed by atoms with Crippen molar-refractivity contribution in [3.63, 3.8) is 0 Å². The summed E-state index contributed by atoms with van der Waals surface area (Å²) >= 11 is 0. The van der Waals surface area contributed by atoms with Crippen LogP contribution in [0.15, 0.2) is 0 Å². The van der Waals surface area contributed by atoms with E-state index >= 15 is 0 Å². The summed E-state index contributed by atoms with van der Waals surface area (Å²) in [6.07, 6.45) is 7.39. The average molecular weight is 308 g/mol. The average Bonchev–Trinajstić information content (AvgIpc) is 2.76. The highest BCUT2D eigenvalue weighted by Gasteiger charge is 2.61. The van der Waals surface area contributed by atoms with Crippen molar-refractivity contribution in [1.29, 1.82) is 0 Å². The molecule has 0 amide bonds. The Morgan fingerprint density at radius 1 is 0.773 bits per heavy atom. The number of hydrogen-bond acceptors (Lipinski definition) is 3. The van der Waals surface area contributed by atoms with Gasteiger partial charge in [0.25, 0.3) is 0 Å². The number of aliphatic hydroxyl groups is 3. The topological polar surface area (TPSA) is 60.7 Å². The standard InChI is InChI=1S/C19H32O3/c1-18-5-4-14-13(15(18)8-12(21)10-18)9-17(22)16-7-11(20)3-6-19(14,16)2/h11-17,20-22H,3-10H2,1-2H3. The highest BCUT2D eigenvalue weighted by atomic mass is 16.3. The molecule has 0 radical (unpaired) electrons. The Labute approximate surface area is 134 Å². The highest BCUT2D eigenvalue weighted by Crippen LogP contribution is 2.66. The normalized spacial score (nSPS) is 61.2. The second kappa shape index (κ2) is 4.94. The summed E-state index contributed by atoms with van der Waals surface area (Å²) in [5.74, 6) is 2.10. The maximum atomic E-state index is 10.8. The second-order valence-electron chi connectivity index (χ2n) is 9.51. The second-order valence-corrected chi connectivity index (χ2v) is 9.51. The quantitative estimate of drug-likeness (QED) is 0.645. The lowest BCUT2D eigenvalue weighted by Crippen LogP contribution is -2.57. The van der Waals surface area contributed by atoms with Gasteiger partial charge in [0.15, 0.2) is 0 Å². The van der Waals surface area contributed by atoms with Crippen LogP contribution in [0.25, 0.3) is 0 Å². The number of rotatable bonds is 0. The SMILES string of the molecule is CC12CCC3C(CC(O)C4CC(O)CCC43C)C1CC(O)C2. The lowest BCUT2D eigenvalue weighted by atomic mass is 9.44. The molecule has 4 saturated carbocycles. The molecule has 4 fully saturated rings. The van der Waals surface area contributed by atoms with Crippen molar-refractivity contribution in [2.24, 2.45) is 34.5 Å². The molecule has 0 aromatic rings. The number of aliphatic hydroxyl groups excluding tert-OH is 3. The van der Waals surface area contributed by atoms with E-state index in [2.05, 4.69) is 13.8 Å². The third kappa shape index (κ3) is 2.04.